The number of fused-ring (bicyclic) bond motifs is 16. The molecule has 236 valence electrons. The van der Waals surface area contributed by atoms with E-state index in [2.05, 4.69) is 191 Å². The Morgan fingerprint density at radius 2 is 0.725 bits per heavy atom. The summed E-state index contributed by atoms with van der Waals surface area (Å²) in [5, 5.41) is 5.07. The van der Waals surface area contributed by atoms with Crippen molar-refractivity contribution >= 4 is 43.6 Å². The Labute approximate surface area is 295 Å². The molecule has 0 atom stereocenters. The van der Waals surface area contributed by atoms with Crippen LogP contribution in [0.15, 0.2) is 182 Å². The summed E-state index contributed by atoms with van der Waals surface area (Å²) in [5.41, 5.74) is 17.6. The lowest BCUT2D eigenvalue weighted by molar-refractivity contribution is 0.792. The van der Waals surface area contributed by atoms with Crippen molar-refractivity contribution in [2.75, 3.05) is 0 Å². The summed E-state index contributed by atoms with van der Waals surface area (Å²) in [6, 6.07) is 67.7. The maximum Gasteiger partial charge on any atom is 0.0726 e. The second-order valence-corrected chi connectivity index (χ2v) is 14.0. The molecule has 2 heterocycles. The van der Waals surface area contributed by atoms with Crippen LogP contribution in [-0.2, 0) is 5.41 Å². The molecular formula is C49H30N2. The second-order valence-electron chi connectivity index (χ2n) is 14.0. The maximum absolute atomic E-state index is 2.50. The van der Waals surface area contributed by atoms with Crippen LogP contribution in [0.25, 0.3) is 77.2 Å². The molecule has 0 amide bonds. The van der Waals surface area contributed by atoms with E-state index in [0.29, 0.717) is 0 Å². The van der Waals surface area contributed by atoms with Crippen molar-refractivity contribution in [1.82, 2.24) is 9.13 Å². The van der Waals surface area contributed by atoms with Gasteiger partial charge in [0.15, 0.2) is 0 Å². The standard InChI is InChI=1S/C49H30N2/c1-2-14-31(15-3-1)50-45-24-12-7-19-37(45)39-29-40-38-20-8-13-25-46(38)51(48(40)30-47(39)50)32-26-27-36-35-18-6-11-23-43(35)49(44(36)28-32)41-21-9-4-16-33(41)34-17-5-10-22-42(34)49/h1-30H. The summed E-state index contributed by atoms with van der Waals surface area (Å²) in [7, 11) is 0. The number of benzene rings is 8. The fraction of sp³-hybridized carbons (Fsp3) is 0.0204. The van der Waals surface area contributed by atoms with E-state index in [1.807, 2.05) is 0 Å². The van der Waals surface area contributed by atoms with Crippen molar-refractivity contribution in [2.45, 2.75) is 5.41 Å². The lowest BCUT2D eigenvalue weighted by Gasteiger charge is -2.30. The molecular weight excluding hydrogens is 617 g/mol. The molecule has 0 N–H and O–H groups in total. The minimum absolute atomic E-state index is 0.388. The molecule has 10 aromatic rings. The summed E-state index contributed by atoms with van der Waals surface area (Å²) in [6.45, 7) is 0. The number of para-hydroxylation sites is 3. The zero-order valence-electron chi connectivity index (χ0n) is 27.7. The molecule has 2 nitrogen and oxygen atoms in total. The highest BCUT2D eigenvalue weighted by molar-refractivity contribution is 6.19. The minimum atomic E-state index is -0.388. The fourth-order valence-corrected chi connectivity index (χ4v) is 9.79. The van der Waals surface area contributed by atoms with Crippen molar-refractivity contribution < 1.29 is 0 Å². The maximum atomic E-state index is 2.50. The van der Waals surface area contributed by atoms with Gasteiger partial charge in [-0.25, -0.2) is 0 Å². The van der Waals surface area contributed by atoms with Gasteiger partial charge in [0.05, 0.1) is 27.5 Å². The van der Waals surface area contributed by atoms with Crippen molar-refractivity contribution in [3.63, 3.8) is 0 Å². The molecule has 1 spiro atoms. The van der Waals surface area contributed by atoms with Crippen molar-refractivity contribution in [3.8, 4) is 33.6 Å². The normalized spacial score (nSPS) is 13.6. The van der Waals surface area contributed by atoms with E-state index in [0.717, 1.165) is 0 Å². The molecule has 2 aliphatic rings. The molecule has 0 aliphatic heterocycles. The van der Waals surface area contributed by atoms with Gasteiger partial charge in [-0.05, 0) is 93.0 Å². The van der Waals surface area contributed by atoms with E-state index < -0.39 is 0 Å². The average Bonchev–Trinajstić information content (AvgIpc) is 3.89. The first-order valence-electron chi connectivity index (χ1n) is 17.8. The monoisotopic (exact) mass is 646 g/mol. The third-order valence-electron chi connectivity index (χ3n) is 11.7. The molecule has 51 heavy (non-hydrogen) atoms. The van der Waals surface area contributed by atoms with Crippen molar-refractivity contribution in [2.24, 2.45) is 0 Å². The molecule has 0 bridgehead atoms. The van der Waals surface area contributed by atoms with Gasteiger partial charge in [0.1, 0.15) is 0 Å². The zero-order chi connectivity index (χ0) is 33.3. The Balaban J connectivity index is 1.20. The summed E-state index contributed by atoms with van der Waals surface area (Å²) in [5.74, 6) is 0. The van der Waals surface area contributed by atoms with Crippen LogP contribution in [-0.4, -0.2) is 9.13 Å². The van der Waals surface area contributed by atoms with Crippen LogP contribution in [0.5, 0.6) is 0 Å². The molecule has 2 heteroatoms. The van der Waals surface area contributed by atoms with Gasteiger partial charge in [0.2, 0.25) is 0 Å². The SMILES string of the molecule is c1ccc(-n2c3ccccc3c3cc4c5ccccc5n(-c5ccc6c(c5)C5(c7ccccc7-c7ccccc75)c5ccccc5-6)c4cc32)cc1. The van der Waals surface area contributed by atoms with Crippen LogP contribution in [0.4, 0.5) is 0 Å². The van der Waals surface area contributed by atoms with Gasteiger partial charge in [0, 0.05) is 32.9 Å². The first kappa shape index (κ1) is 27.2. The third-order valence-corrected chi connectivity index (χ3v) is 11.7. The Morgan fingerprint density at radius 3 is 1.29 bits per heavy atom. The van der Waals surface area contributed by atoms with Gasteiger partial charge in [-0.1, -0.05) is 133 Å². The highest BCUT2D eigenvalue weighted by Crippen LogP contribution is 2.63. The molecule has 8 aromatic carbocycles. The van der Waals surface area contributed by atoms with Crippen LogP contribution in [0, 0.1) is 0 Å². The lowest BCUT2D eigenvalue weighted by Crippen LogP contribution is -2.26. The van der Waals surface area contributed by atoms with E-state index in [1.54, 1.807) is 0 Å². The van der Waals surface area contributed by atoms with E-state index >= 15 is 0 Å². The second kappa shape index (κ2) is 9.74. The van der Waals surface area contributed by atoms with Gasteiger partial charge < -0.3 is 9.13 Å². The molecule has 0 fully saturated rings. The van der Waals surface area contributed by atoms with Gasteiger partial charge in [-0.2, -0.15) is 0 Å². The summed E-state index contributed by atoms with van der Waals surface area (Å²) < 4.78 is 4.92. The van der Waals surface area contributed by atoms with E-state index in [4.69, 9.17) is 0 Å². The summed E-state index contributed by atoms with van der Waals surface area (Å²) in [6.07, 6.45) is 0. The summed E-state index contributed by atoms with van der Waals surface area (Å²) in [4.78, 5) is 0. The molecule has 2 aromatic heterocycles. The fourth-order valence-electron chi connectivity index (χ4n) is 9.79. The number of nitrogens with zero attached hydrogens (tertiary/aromatic N) is 2. The predicted octanol–water partition coefficient (Wildman–Crippen LogP) is 12.2. The van der Waals surface area contributed by atoms with Crippen LogP contribution in [0.3, 0.4) is 0 Å². The quantitative estimate of drug-likeness (QED) is 0.177. The Hall–Kier alpha value is -6.64. The van der Waals surface area contributed by atoms with Gasteiger partial charge >= 0.3 is 0 Å². The molecule has 0 saturated carbocycles. The number of hydrogen-bond donors (Lipinski definition) is 0. The average molecular weight is 647 g/mol. The highest BCUT2D eigenvalue weighted by atomic mass is 15.0. The largest absolute Gasteiger partial charge is 0.309 e. The van der Waals surface area contributed by atoms with Crippen LogP contribution in [0.1, 0.15) is 22.3 Å². The molecule has 2 aliphatic carbocycles. The predicted molar refractivity (Wildman–Crippen MR) is 211 cm³/mol. The number of aromatic nitrogens is 2. The highest BCUT2D eigenvalue weighted by Gasteiger charge is 2.51. The topological polar surface area (TPSA) is 9.86 Å². The van der Waals surface area contributed by atoms with Crippen LogP contribution < -0.4 is 0 Å². The van der Waals surface area contributed by atoms with E-state index in [1.165, 1.54) is 99.5 Å². The van der Waals surface area contributed by atoms with Gasteiger partial charge in [0.25, 0.3) is 0 Å². The van der Waals surface area contributed by atoms with Gasteiger partial charge in [-0.3, -0.25) is 0 Å². The summed E-state index contributed by atoms with van der Waals surface area (Å²) >= 11 is 0. The Morgan fingerprint density at radius 1 is 0.275 bits per heavy atom. The minimum Gasteiger partial charge on any atom is -0.309 e. The zero-order valence-corrected chi connectivity index (χ0v) is 27.7. The number of hydrogen-bond acceptors (Lipinski definition) is 0. The van der Waals surface area contributed by atoms with E-state index in [9.17, 15) is 0 Å². The first-order valence-corrected chi connectivity index (χ1v) is 17.8. The Kier molecular flexibility index (Phi) is 5.20. The number of rotatable bonds is 2. The molecule has 0 unspecified atom stereocenters. The molecule has 0 radical (unpaired) electrons. The van der Waals surface area contributed by atoms with Crippen LogP contribution >= 0.6 is 0 Å². The molecule has 0 saturated heterocycles. The first-order chi connectivity index (χ1) is 25.3. The third kappa shape index (κ3) is 3.32. The van der Waals surface area contributed by atoms with E-state index in [-0.39, 0.29) is 5.41 Å². The lowest BCUT2D eigenvalue weighted by atomic mass is 9.70. The Bertz CT molecular complexity index is 3020. The smallest absolute Gasteiger partial charge is 0.0726 e. The van der Waals surface area contributed by atoms with Crippen LogP contribution in [0.2, 0.25) is 0 Å². The molecule has 12 rings (SSSR count). The van der Waals surface area contributed by atoms with Crippen molar-refractivity contribution in [3.05, 3.63) is 204 Å². The van der Waals surface area contributed by atoms with Gasteiger partial charge in [-0.15, -0.1) is 0 Å². The van der Waals surface area contributed by atoms with Crippen molar-refractivity contribution in [1.29, 1.82) is 0 Å².